The molecule has 0 heterocycles. The summed E-state index contributed by atoms with van der Waals surface area (Å²) >= 11 is 1.42. The average molecular weight is 913 g/mol. The summed E-state index contributed by atoms with van der Waals surface area (Å²) in [5, 5.41) is 20.8. The standard InChI is InChI=1S/C53H60N4O8S/c1-34(2)30-44(50(61)62)56-48(59)45(33-66-53(36-20-10-7-11-21-36,37-22-12-8-13-23-37)38-24-14-9-15-25-38)55-46(58)31-54-49(60)47(35(3)65-52(4,5)6)57-51(63)64-32-43-41-28-18-16-26-39(41)40-27-17-19-29-42(40)43/h7-29,34-35,43-45,47H,30-33H2,1-6H3,(H,54,60)(H,55,58)(H,56,59)(H,57,63)(H,61,62)/t35-,44+,45+,47+/m1/s1. The highest BCUT2D eigenvalue weighted by molar-refractivity contribution is 8.00. The minimum absolute atomic E-state index is 0.000637. The van der Waals surface area contributed by atoms with Crippen molar-refractivity contribution in [3.05, 3.63) is 167 Å². The summed E-state index contributed by atoms with van der Waals surface area (Å²) in [7, 11) is 0. The van der Waals surface area contributed by atoms with Crippen LogP contribution in [0.3, 0.4) is 0 Å². The number of hydrogen-bond donors (Lipinski definition) is 5. The van der Waals surface area contributed by atoms with Gasteiger partial charge in [0.2, 0.25) is 17.7 Å². The topological polar surface area (TPSA) is 172 Å². The Labute approximate surface area is 391 Å². The van der Waals surface area contributed by atoms with E-state index in [1.165, 1.54) is 11.8 Å². The number of carbonyl (C=O) groups excluding carboxylic acids is 4. The molecule has 5 N–H and O–H groups in total. The summed E-state index contributed by atoms with van der Waals surface area (Å²) in [6, 6.07) is 41.7. The number of carboxylic acids is 1. The van der Waals surface area contributed by atoms with Gasteiger partial charge < -0.3 is 35.8 Å². The van der Waals surface area contributed by atoms with E-state index >= 15 is 0 Å². The Hall–Kier alpha value is -6.44. The summed E-state index contributed by atoms with van der Waals surface area (Å²) < 4.78 is 11.0. The molecule has 0 unspecified atom stereocenters. The fourth-order valence-electron chi connectivity index (χ4n) is 8.44. The van der Waals surface area contributed by atoms with Crippen LogP contribution in [0.25, 0.3) is 11.1 Å². The van der Waals surface area contributed by atoms with Gasteiger partial charge in [0.05, 0.1) is 23.0 Å². The largest absolute Gasteiger partial charge is 0.480 e. The number of thioether (sulfide) groups is 1. The van der Waals surface area contributed by atoms with Crippen molar-refractivity contribution in [1.82, 2.24) is 21.3 Å². The highest BCUT2D eigenvalue weighted by atomic mass is 32.2. The van der Waals surface area contributed by atoms with Crippen LogP contribution in [0.15, 0.2) is 140 Å². The van der Waals surface area contributed by atoms with E-state index in [-0.39, 0.29) is 30.6 Å². The Balaban J connectivity index is 1.21. The van der Waals surface area contributed by atoms with Crippen molar-refractivity contribution in [1.29, 1.82) is 0 Å². The van der Waals surface area contributed by atoms with Crippen LogP contribution in [0.2, 0.25) is 0 Å². The molecule has 1 aliphatic rings. The molecular weight excluding hydrogens is 853 g/mol. The number of ether oxygens (including phenoxy) is 2. The van der Waals surface area contributed by atoms with Gasteiger partial charge in [-0.15, -0.1) is 11.8 Å². The predicted molar refractivity (Wildman–Crippen MR) is 258 cm³/mol. The zero-order chi connectivity index (χ0) is 47.4. The minimum atomic E-state index is -1.28. The molecule has 0 aromatic heterocycles. The molecule has 1 aliphatic carbocycles. The number of amides is 4. The third-order valence-electron chi connectivity index (χ3n) is 11.3. The molecule has 6 rings (SSSR count). The van der Waals surface area contributed by atoms with Gasteiger partial charge in [-0.25, -0.2) is 9.59 Å². The van der Waals surface area contributed by atoms with Crippen LogP contribution in [0.5, 0.6) is 0 Å². The number of benzene rings is 5. The van der Waals surface area contributed by atoms with Crippen molar-refractivity contribution < 1.29 is 38.6 Å². The van der Waals surface area contributed by atoms with Crippen LogP contribution in [-0.2, 0) is 33.4 Å². The van der Waals surface area contributed by atoms with Crippen LogP contribution >= 0.6 is 11.8 Å². The van der Waals surface area contributed by atoms with E-state index in [9.17, 15) is 29.1 Å². The normalized spacial score (nSPS) is 14.2. The third-order valence-corrected chi connectivity index (χ3v) is 13.0. The Kier molecular flexibility index (Phi) is 16.5. The first-order valence-corrected chi connectivity index (χ1v) is 23.3. The molecule has 4 atom stereocenters. The number of hydrogen-bond acceptors (Lipinski definition) is 8. The lowest BCUT2D eigenvalue weighted by Crippen LogP contribution is -2.57. The van der Waals surface area contributed by atoms with Crippen molar-refractivity contribution in [3.8, 4) is 11.1 Å². The van der Waals surface area contributed by atoms with Crippen LogP contribution in [-0.4, -0.2) is 83.6 Å². The first-order chi connectivity index (χ1) is 31.6. The molecule has 0 aliphatic heterocycles. The lowest BCUT2D eigenvalue weighted by atomic mass is 9.84. The van der Waals surface area contributed by atoms with Gasteiger partial charge in [-0.1, -0.05) is 153 Å². The molecule has 5 aromatic carbocycles. The van der Waals surface area contributed by atoms with Gasteiger partial charge in [-0.3, -0.25) is 14.4 Å². The highest BCUT2D eigenvalue weighted by Gasteiger charge is 2.40. The molecule has 0 saturated heterocycles. The fourth-order valence-corrected chi connectivity index (χ4v) is 10.00. The third kappa shape index (κ3) is 12.3. The first-order valence-electron chi connectivity index (χ1n) is 22.3. The molecule has 66 heavy (non-hydrogen) atoms. The lowest BCUT2D eigenvalue weighted by Gasteiger charge is -2.36. The lowest BCUT2D eigenvalue weighted by molar-refractivity contribution is -0.142. The van der Waals surface area contributed by atoms with Gasteiger partial charge >= 0.3 is 12.1 Å². The smallest absolute Gasteiger partial charge is 0.407 e. The van der Waals surface area contributed by atoms with Crippen molar-refractivity contribution in [2.75, 3.05) is 18.9 Å². The molecule has 12 nitrogen and oxygen atoms in total. The second-order valence-electron chi connectivity index (χ2n) is 17.8. The number of nitrogens with one attached hydrogen (secondary N) is 4. The molecule has 0 radical (unpaired) electrons. The predicted octanol–water partition coefficient (Wildman–Crippen LogP) is 8.04. The first kappa shape index (κ1) is 49.0. The Morgan fingerprint density at radius 2 is 1.12 bits per heavy atom. The molecule has 0 saturated carbocycles. The van der Waals surface area contributed by atoms with E-state index in [4.69, 9.17) is 9.47 Å². The average Bonchev–Trinajstić information content (AvgIpc) is 3.62. The maximum Gasteiger partial charge on any atom is 0.407 e. The molecule has 346 valence electrons. The summed E-state index contributed by atoms with van der Waals surface area (Å²) in [5.74, 6) is -3.58. The Morgan fingerprint density at radius 1 is 0.636 bits per heavy atom. The molecule has 4 amide bonds. The van der Waals surface area contributed by atoms with Crippen molar-refractivity contribution in [2.45, 2.75) is 88.5 Å². The summed E-state index contributed by atoms with van der Waals surface area (Å²) in [6.45, 7) is 10.3. The van der Waals surface area contributed by atoms with Gasteiger partial charge in [-0.2, -0.15) is 0 Å². The zero-order valence-corrected chi connectivity index (χ0v) is 39.1. The van der Waals surface area contributed by atoms with Crippen LogP contribution in [0.1, 0.15) is 81.7 Å². The number of aliphatic carboxylic acids is 1. The molecule has 0 spiro atoms. The van der Waals surface area contributed by atoms with E-state index in [2.05, 4.69) is 21.3 Å². The second-order valence-corrected chi connectivity index (χ2v) is 19.1. The quantitative estimate of drug-likeness (QED) is 0.0485. The van der Waals surface area contributed by atoms with Crippen LogP contribution in [0, 0.1) is 5.92 Å². The minimum Gasteiger partial charge on any atom is -0.480 e. The summed E-state index contributed by atoms with van der Waals surface area (Å²) in [5.41, 5.74) is 6.29. The van der Waals surface area contributed by atoms with Crippen molar-refractivity contribution in [2.24, 2.45) is 5.92 Å². The SMILES string of the molecule is CC(C)C[C@H](NC(=O)[C@H](CSC(c1ccccc1)(c1ccccc1)c1ccccc1)NC(=O)CNC(=O)[C@@H](NC(=O)OCC1c2ccccc2-c2ccccc21)[C@@H](C)OC(C)(C)C)C(=O)O. The Morgan fingerprint density at radius 3 is 1.59 bits per heavy atom. The van der Waals surface area contributed by atoms with E-state index in [1.807, 2.05) is 174 Å². The van der Waals surface area contributed by atoms with Crippen molar-refractivity contribution >= 4 is 41.5 Å². The number of rotatable bonds is 20. The van der Waals surface area contributed by atoms with E-state index in [0.717, 1.165) is 38.9 Å². The number of alkyl carbamates (subject to hydrolysis) is 1. The van der Waals surface area contributed by atoms with Gasteiger partial charge in [0, 0.05) is 11.7 Å². The summed E-state index contributed by atoms with van der Waals surface area (Å²) in [6.07, 6.45) is -1.54. The monoisotopic (exact) mass is 912 g/mol. The second kappa shape index (κ2) is 22.2. The number of carbonyl (C=O) groups is 5. The van der Waals surface area contributed by atoms with Gasteiger partial charge in [-0.05, 0) is 79.0 Å². The highest BCUT2D eigenvalue weighted by Crippen LogP contribution is 2.49. The maximum atomic E-state index is 14.2. The van der Waals surface area contributed by atoms with Gasteiger partial charge in [0.1, 0.15) is 24.7 Å². The summed E-state index contributed by atoms with van der Waals surface area (Å²) in [4.78, 5) is 68.0. The zero-order valence-electron chi connectivity index (χ0n) is 38.3. The maximum absolute atomic E-state index is 14.2. The van der Waals surface area contributed by atoms with Gasteiger partial charge in [0.25, 0.3) is 0 Å². The molecule has 5 aromatic rings. The fraction of sp³-hybridized carbons (Fsp3) is 0.340. The number of fused-ring (bicyclic) bond motifs is 3. The van der Waals surface area contributed by atoms with Gasteiger partial charge in [0.15, 0.2) is 0 Å². The molecule has 13 heteroatoms. The van der Waals surface area contributed by atoms with E-state index in [0.29, 0.717) is 0 Å². The number of carboxylic acid groups (broad SMARTS) is 1. The van der Waals surface area contributed by atoms with Crippen molar-refractivity contribution in [3.63, 3.8) is 0 Å². The van der Waals surface area contributed by atoms with Crippen LogP contribution < -0.4 is 21.3 Å². The molecular formula is C53H60N4O8S. The Bertz CT molecular complexity index is 2300. The molecule has 0 fully saturated rings. The van der Waals surface area contributed by atoms with E-state index < -0.39 is 70.9 Å². The van der Waals surface area contributed by atoms with Crippen LogP contribution in [0.4, 0.5) is 4.79 Å². The molecule has 0 bridgehead atoms. The van der Waals surface area contributed by atoms with E-state index in [1.54, 1.807) is 6.92 Å².